The molecule has 4 nitrogen and oxygen atoms in total. The normalized spacial score (nSPS) is 24.9. The highest BCUT2D eigenvalue weighted by Gasteiger charge is 2.41. The van der Waals surface area contributed by atoms with Crippen molar-refractivity contribution in [3.8, 4) is 0 Å². The fourth-order valence-corrected chi connectivity index (χ4v) is 4.93. The first kappa shape index (κ1) is 20.0. The summed E-state index contributed by atoms with van der Waals surface area (Å²) in [6.07, 6.45) is 10.8. The Kier molecular flexibility index (Phi) is 6.33. The molecule has 1 aromatic rings. The predicted molar refractivity (Wildman–Crippen MR) is 115 cm³/mol. The smallest absolute Gasteiger partial charge is 0.322 e. The number of anilines is 2. The number of benzene rings is 1. The van der Waals surface area contributed by atoms with Gasteiger partial charge in [-0.3, -0.25) is 0 Å². The third kappa shape index (κ3) is 4.77. The highest BCUT2D eigenvalue weighted by atomic mass is 16.2. The molecular formula is C23H37N3O. The molecule has 2 aliphatic rings. The summed E-state index contributed by atoms with van der Waals surface area (Å²) in [5.74, 6) is 0.795. The number of hydrogen-bond acceptors (Lipinski definition) is 2. The number of hydrogen-bond donors (Lipinski definition) is 1. The summed E-state index contributed by atoms with van der Waals surface area (Å²) in [6, 6.07) is 8.62. The van der Waals surface area contributed by atoms with Gasteiger partial charge in [-0.05, 0) is 75.6 Å². The summed E-state index contributed by atoms with van der Waals surface area (Å²) >= 11 is 0. The average Bonchev–Trinajstić information content (AvgIpc) is 2.64. The number of nitrogens with one attached hydrogen (secondary N) is 1. The summed E-state index contributed by atoms with van der Waals surface area (Å²) in [5, 5.41) is 3.21. The summed E-state index contributed by atoms with van der Waals surface area (Å²) in [6.45, 7) is 4.66. The molecule has 27 heavy (non-hydrogen) atoms. The SMILES string of the molecule is CC1CCC(N(C(=O)Nc2ccc(N(C)C)cc2)C2(C)CCCCC2)CC1. The van der Waals surface area contributed by atoms with Crippen molar-refractivity contribution in [1.29, 1.82) is 0 Å². The molecule has 4 heteroatoms. The van der Waals surface area contributed by atoms with Gasteiger partial charge in [0.1, 0.15) is 0 Å². The average molecular weight is 372 g/mol. The van der Waals surface area contributed by atoms with Gasteiger partial charge in [0.05, 0.1) is 0 Å². The first-order valence-corrected chi connectivity index (χ1v) is 10.8. The van der Waals surface area contributed by atoms with Gasteiger partial charge in [-0.15, -0.1) is 0 Å². The van der Waals surface area contributed by atoms with E-state index in [1.54, 1.807) is 0 Å². The van der Waals surface area contributed by atoms with E-state index >= 15 is 0 Å². The monoisotopic (exact) mass is 371 g/mol. The molecule has 150 valence electrons. The van der Waals surface area contributed by atoms with Gasteiger partial charge in [-0.1, -0.05) is 26.2 Å². The fourth-order valence-electron chi connectivity index (χ4n) is 4.93. The standard InChI is InChI=1S/C23H37N3O/c1-18-8-12-21(13-9-18)26(23(2)16-6-5-7-17-23)22(27)24-19-10-14-20(15-11-19)25(3)4/h10-11,14-15,18,21H,5-9,12-13,16-17H2,1-4H3,(H,24,27). The maximum atomic E-state index is 13.4. The Morgan fingerprint density at radius 2 is 1.59 bits per heavy atom. The lowest BCUT2D eigenvalue weighted by molar-refractivity contribution is 0.0458. The molecule has 0 heterocycles. The Morgan fingerprint density at radius 3 is 2.15 bits per heavy atom. The first-order valence-electron chi connectivity index (χ1n) is 10.8. The highest BCUT2D eigenvalue weighted by Crippen LogP contribution is 2.39. The Labute approximate surface area is 165 Å². The van der Waals surface area contributed by atoms with Gasteiger partial charge >= 0.3 is 6.03 Å². The van der Waals surface area contributed by atoms with Gasteiger partial charge < -0.3 is 15.1 Å². The van der Waals surface area contributed by atoms with E-state index in [0.717, 1.165) is 43.0 Å². The minimum Gasteiger partial charge on any atom is -0.378 e. The van der Waals surface area contributed by atoms with E-state index in [1.165, 1.54) is 32.1 Å². The molecule has 0 atom stereocenters. The molecule has 0 aromatic heterocycles. The van der Waals surface area contributed by atoms with Crippen molar-refractivity contribution in [2.45, 2.75) is 83.2 Å². The van der Waals surface area contributed by atoms with Crippen LogP contribution in [0.2, 0.25) is 0 Å². The topological polar surface area (TPSA) is 35.6 Å². The van der Waals surface area contributed by atoms with Crippen molar-refractivity contribution < 1.29 is 4.79 Å². The van der Waals surface area contributed by atoms with Gasteiger partial charge in [-0.2, -0.15) is 0 Å². The Bertz CT molecular complexity index is 611. The maximum Gasteiger partial charge on any atom is 0.322 e. The molecule has 0 spiro atoms. The summed E-state index contributed by atoms with van der Waals surface area (Å²) in [5.41, 5.74) is 2.03. The number of nitrogens with zero attached hydrogens (tertiary/aromatic N) is 2. The van der Waals surface area contributed by atoms with Crippen molar-refractivity contribution in [2.24, 2.45) is 5.92 Å². The molecule has 2 saturated carbocycles. The van der Waals surface area contributed by atoms with E-state index < -0.39 is 0 Å². The fraction of sp³-hybridized carbons (Fsp3) is 0.696. The Balaban J connectivity index is 1.77. The number of carbonyl (C=O) groups excluding carboxylic acids is 1. The summed E-state index contributed by atoms with van der Waals surface area (Å²) in [7, 11) is 4.06. The second-order valence-corrected chi connectivity index (χ2v) is 9.21. The maximum absolute atomic E-state index is 13.4. The van der Waals surface area contributed by atoms with Crippen molar-refractivity contribution in [2.75, 3.05) is 24.3 Å². The van der Waals surface area contributed by atoms with Gasteiger partial charge in [0.15, 0.2) is 0 Å². The van der Waals surface area contributed by atoms with Crippen molar-refractivity contribution in [1.82, 2.24) is 4.90 Å². The Hall–Kier alpha value is -1.71. The van der Waals surface area contributed by atoms with E-state index in [0.29, 0.717) is 6.04 Å². The molecule has 0 radical (unpaired) electrons. The second kappa shape index (κ2) is 8.53. The number of urea groups is 1. The van der Waals surface area contributed by atoms with Crippen molar-refractivity contribution in [3.05, 3.63) is 24.3 Å². The van der Waals surface area contributed by atoms with Crippen LogP contribution in [-0.2, 0) is 0 Å². The van der Waals surface area contributed by atoms with E-state index in [9.17, 15) is 4.79 Å². The van der Waals surface area contributed by atoms with Crippen LogP contribution in [0, 0.1) is 5.92 Å². The van der Waals surface area contributed by atoms with Crippen LogP contribution in [0.1, 0.15) is 71.6 Å². The van der Waals surface area contributed by atoms with Gasteiger partial charge in [0.25, 0.3) is 0 Å². The molecular weight excluding hydrogens is 334 g/mol. The largest absolute Gasteiger partial charge is 0.378 e. The minimum atomic E-state index is -0.00282. The zero-order chi connectivity index (χ0) is 19.4. The molecule has 2 fully saturated rings. The van der Waals surface area contributed by atoms with Crippen molar-refractivity contribution >= 4 is 17.4 Å². The summed E-state index contributed by atoms with van der Waals surface area (Å²) in [4.78, 5) is 17.7. The summed E-state index contributed by atoms with van der Waals surface area (Å²) < 4.78 is 0. The van der Waals surface area contributed by atoms with Crippen LogP contribution in [0.25, 0.3) is 0 Å². The van der Waals surface area contributed by atoms with Crippen molar-refractivity contribution in [3.63, 3.8) is 0 Å². The molecule has 1 aromatic carbocycles. The van der Waals surface area contributed by atoms with Crippen LogP contribution in [0.15, 0.2) is 24.3 Å². The molecule has 3 rings (SSSR count). The van der Waals surface area contributed by atoms with E-state index in [4.69, 9.17) is 0 Å². The zero-order valence-corrected chi connectivity index (χ0v) is 17.6. The quantitative estimate of drug-likeness (QED) is 0.716. The van der Waals surface area contributed by atoms with Crippen LogP contribution in [-0.4, -0.2) is 36.6 Å². The lowest BCUT2D eigenvalue weighted by Crippen LogP contribution is -2.57. The van der Waals surface area contributed by atoms with Gasteiger partial charge in [-0.25, -0.2) is 4.79 Å². The molecule has 0 saturated heterocycles. The number of carbonyl (C=O) groups is 1. The van der Waals surface area contributed by atoms with Crippen LogP contribution in [0.3, 0.4) is 0 Å². The first-order chi connectivity index (χ1) is 12.9. The van der Waals surface area contributed by atoms with E-state index in [-0.39, 0.29) is 11.6 Å². The third-order valence-electron chi connectivity index (χ3n) is 6.72. The molecule has 0 unspecified atom stereocenters. The van der Waals surface area contributed by atoms with Crippen LogP contribution >= 0.6 is 0 Å². The lowest BCUT2D eigenvalue weighted by Gasteiger charge is -2.49. The number of amides is 2. The van der Waals surface area contributed by atoms with Crippen LogP contribution in [0.5, 0.6) is 0 Å². The molecule has 0 bridgehead atoms. The number of rotatable bonds is 4. The van der Waals surface area contributed by atoms with Crippen LogP contribution < -0.4 is 10.2 Å². The third-order valence-corrected chi connectivity index (χ3v) is 6.72. The molecule has 2 aliphatic carbocycles. The van der Waals surface area contributed by atoms with Crippen LogP contribution in [0.4, 0.5) is 16.2 Å². The molecule has 1 N–H and O–H groups in total. The minimum absolute atomic E-state index is 0.00282. The van der Waals surface area contributed by atoms with E-state index in [1.807, 2.05) is 26.2 Å². The second-order valence-electron chi connectivity index (χ2n) is 9.21. The van der Waals surface area contributed by atoms with Gasteiger partial charge in [0, 0.05) is 37.1 Å². The predicted octanol–water partition coefficient (Wildman–Crippen LogP) is 5.89. The lowest BCUT2D eigenvalue weighted by atomic mass is 9.78. The Morgan fingerprint density at radius 1 is 1.00 bits per heavy atom. The molecule has 2 amide bonds. The zero-order valence-electron chi connectivity index (χ0n) is 17.6. The molecule has 0 aliphatic heterocycles. The van der Waals surface area contributed by atoms with Gasteiger partial charge in [0.2, 0.25) is 0 Å². The van der Waals surface area contributed by atoms with E-state index in [2.05, 4.69) is 41.1 Å². The highest BCUT2D eigenvalue weighted by molar-refractivity contribution is 5.90.